The minimum absolute atomic E-state index is 0.0584. The van der Waals surface area contributed by atoms with E-state index in [9.17, 15) is 6.85 Å². The minimum atomic E-state index is -0.454. The van der Waals surface area contributed by atoms with Gasteiger partial charge in [0.25, 0.3) is 0 Å². The van der Waals surface area contributed by atoms with Crippen molar-refractivity contribution in [1.29, 1.82) is 0 Å². The first-order valence-electron chi connectivity index (χ1n) is 26.9. The van der Waals surface area contributed by atoms with Crippen LogP contribution in [0.1, 0.15) is 9.60 Å². The van der Waals surface area contributed by atoms with Gasteiger partial charge >= 0.3 is 0 Å². The summed E-state index contributed by atoms with van der Waals surface area (Å²) in [6.07, 6.45) is 0. The second kappa shape index (κ2) is 14.6. The van der Waals surface area contributed by atoms with Crippen molar-refractivity contribution in [3.8, 4) is 34.7 Å². The lowest BCUT2D eigenvalue weighted by Gasteiger charge is -2.20. The summed E-state index contributed by atoms with van der Waals surface area (Å²) in [5.41, 5.74) is 5.87. The second-order valence-corrected chi connectivity index (χ2v) is 18.9. The number of benzene rings is 10. The molecule has 6 aromatic heterocycles. The molecule has 0 bridgehead atoms. The van der Waals surface area contributed by atoms with Crippen LogP contribution in [0.4, 0.5) is 0 Å². The van der Waals surface area contributed by atoms with E-state index in [1.807, 2.05) is 141 Å². The molecule has 0 saturated carbocycles. The fourth-order valence-corrected chi connectivity index (χ4v) is 12.4. The Balaban J connectivity index is 1.18. The largest absolute Gasteiger partial charge is 0.308 e. The average molecular weight is 931 g/mol. The van der Waals surface area contributed by atoms with Gasteiger partial charge < -0.3 is 9.13 Å². The smallest absolute Gasteiger partial charge is 0.240 e. The summed E-state index contributed by atoms with van der Waals surface area (Å²) in [4.78, 5) is 16.6. The van der Waals surface area contributed by atoms with Crippen LogP contribution in [0.15, 0.2) is 224 Å². The summed E-state index contributed by atoms with van der Waals surface area (Å²) in [5.74, 6) is 0.555. The lowest BCUT2D eigenvalue weighted by Crippen LogP contribution is -2.12. The third kappa shape index (κ3) is 5.34. The summed E-state index contributed by atoms with van der Waals surface area (Å²) in [6.45, 7) is 0. The molecular formula is C63H37N7S. The molecule has 0 amide bonds. The van der Waals surface area contributed by atoms with Crippen molar-refractivity contribution in [2.75, 3.05) is 0 Å². The van der Waals surface area contributed by atoms with E-state index in [0.717, 1.165) is 85.6 Å². The van der Waals surface area contributed by atoms with Gasteiger partial charge in [-0.2, -0.15) is 15.0 Å². The molecule has 10 aromatic carbocycles. The maximum atomic E-state index is 10.5. The molecule has 16 rings (SSSR count). The Bertz CT molecular complexity index is 5100. The molecule has 0 atom stereocenters. The van der Waals surface area contributed by atoms with E-state index in [4.69, 9.17) is 17.7 Å². The molecule has 330 valence electrons. The van der Waals surface area contributed by atoms with Crippen LogP contribution in [0.25, 0.3) is 142 Å². The molecule has 0 unspecified atom stereocenters. The van der Waals surface area contributed by atoms with Crippen molar-refractivity contribution in [3.63, 3.8) is 0 Å². The quantitative estimate of drug-likeness (QED) is 0.173. The van der Waals surface area contributed by atoms with Gasteiger partial charge in [0.1, 0.15) is 0 Å². The zero-order valence-corrected chi connectivity index (χ0v) is 38.2. The fraction of sp³-hybridized carbons (Fsp3) is 0. The topological polar surface area (TPSA) is 58.4 Å². The molecule has 7 nitrogen and oxygen atoms in total. The van der Waals surface area contributed by atoms with Gasteiger partial charge in [-0.3, -0.25) is 9.13 Å². The zero-order chi connectivity index (χ0) is 52.4. The van der Waals surface area contributed by atoms with Gasteiger partial charge in [0.15, 0.2) is 5.82 Å². The Morgan fingerprint density at radius 3 is 1.32 bits per heavy atom. The van der Waals surface area contributed by atoms with Gasteiger partial charge in [0, 0.05) is 63.3 Å². The summed E-state index contributed by atoms with van der Waals surface area (Å²) < 4.78 is 77.8. The van der Waals surface area contributed by atoms with Gasteiger partial charge in [-0.05, 0) is 66.7 Å². The molecule has 0 aliphatic rings. The average Bonchev–Trinajstić information content (AvgIpc) is 3.65. The highest BCUT2D eigenvalue weighted by Crippen LogP contribution is 2.46. The van der Waals surface area contributed by atoms with Crippen LogP contribution in [-0.2, 0) is 0 Å². The number of aromatic nitrogens is 7. The molecular weight excluding hydrogens is 887 g/mol. The molecule has 0 spiro atoms. The maximum Gasteiger partial charge on any atom is 0.240 e. The Hall–Kier alpha value is -9.37. The van der Waals surface area contributed by atoms with Gasteiger partial charge in [0.05, 0.1) is 70.7 Å². The van der Waals surface area contributed by atoms with Crippen molar-refractivity contribution in [3.05, 3.63) is 224 Å². The predicted octanol–water partition coefficient (Wildman–Crippen LogP) is 16.3. The standard InChI is InChI=1S/C63H37N7S/c1-9-26-47-38(18-1)39-19-2-10-27-48(39)67(47)54-33-17-34-55(68-49-28-11-7-24-44(49)45-36-37-57-58(60(45)68)46-25-8-16-35-56(46)71-57)59(54)61-64-62(69-50-29-12-3-20-40(50)41-21-4-13-30-51(41)69)66-63(65-61)70-52-31-14-5-22-42(52)43-23-6-15-32-53(43)70/h1-37H/i1D,9D,17D,18D,26D,33D,34D. The van der Waals surface area contributed by atoms with Crippen molar-refractivity contribution < 1.29 is 9.60 Å². The number of fused-ring (bicyclic) bond motifs is 16. The van der Waals surface area contributed by atoms with E-state index in [1.54, 1.807) is 15.9 Å². The third-order valence-corrected chi connectivity index (χ3v) is 15.3. The third-order valence-electron chi connectivity index (χ3n) is 14.2. The molecule has 0 aliphatic heterocycles. The summed E-state index contributed by atoms with van der Waals surface area (Å²) in [5, 5.41) is 8.47. The number of hydrogen-bond acceptors (Lipinski definition) is 4. The Morgan fingerprint density at radius 1 is 0.324 bits per heavy atom. The Morgan fingerprint density at radius 2 is 0.761 bits per heavy atom. The van der Waals surface area contributed by atoms with Crippen molar-refractivity contribution in [2.45, 2.75) is 0 Å². The molecule has 0 radical (unpaired) electrons. The number of rotatable bonds is 5. The van der Waals surface area contributed by atoms with Crippen LogP contribution in [0.2, 0.25) is 0 Å². The number of hydrogen-bond donors (Lipinski definition) is 0. The molecule has 0 fully saturated rings. The van der Waals surface area contributed by atoms with Crippen LogP contribution in [0.5, 0.6) is 0 Å². The predicted molar refractivity (Wildman–Crippen MR) is 296 cm³/mol. The van der Waals surface area contributed by atoms with Crippen LogP contribution >= 0.6 is 11.3 Å². The molecule has 71 heavy (non-hydrogen) atoms. The lowest BCUT2D eigenvalue weighted by molar-refractivity contribution is 0.891. The second-order valence-electron chi connectivity index (χ2n) is 17.8. The van der Waals surface area contributed by atoms with E-state index in [2.05, 4.69) is 54.6 Å². The van der Waals surface area contributed by atoms with Gasteiger partial charge in [-0.15, -0.1) is 11.3 Å². The highest BCUT2D eigenvalue weighted by atomic mass is 32.1. The van der Waals surface area contributed by atoms with Crippen LogP contribution < -0.4 is 0 Å². The van der Waals surface area contributed by atoms with Crippen LogP contribution in [0.3, 0.4) is 0 Å². The molecule has 0 aliphatic carbocycles. The molecule has 0 N–H and O–H groups in total. The Labute approximate surface area is 418 Å². The molecule has 0 saturated heterocycles. The highest BCUT2D eigenvalue weighted by Gasteiger charge is 2.28. The van der Waals surface area contributed by atoms with E-state index in [-0.39, 0.29) is 69.7 Å². The van der Waals surface area contributed by atoms with Crippen molar-refractivity contribution in [1.82, 2.24) is 33.2 Å². The lowest BCUT2D eigenvalue weighted by atomic mass is 10.1. The summed E-state index contributed by atoms with van der Waals surface area (Å²) in [6, 6.07) is 57.8. The van der Waals surface area contributed by atoms with Gasteiger partial charge in [0.2, 0.25) is 11.9 Å². The molecule has 8 heteroatoms. The first-order valence-corrected chi connectivity index (χ1v) is 24.2. The summed E-state index contributed by atoms with van der Waals surface area (Å²) >= 11 is 1.67. The number of nitrogens with zero attached hydrogens (tertiary/aromatic N) is 7. The highest BCUT2D eigenvalue weighted by molar-refractivity contribution is 7.26. The molecule has 16 aromatic rings. The van der Waals surface area contributed by atoms with E-state index in [0.29, 0.717) is 10.9 Å². The van der Waals surface area contributed by atoms with Crippen LogP contribution in [-0.4, -0.2) is 33.2 Å². The normalized spacial score (nSPS) is 13.6. The van der Waals surface area contributed by atoms with E-state index in [1.165, 1.54) is 0 Å². The first-order chi connectivity index (χ1) is 38.2. The summed E-state index contributed by atoms with van der Waals surface area (Å²) in [7, 11) is 0. The SMILES string of the molecule is [2H]c1c([2H])c(-n2c3ccccc3c3c([2H])c([2H])c([2H])c([2H])c32)c(-c2nc(-n3c4ccccc4c4ccccc43)nc(-n3c4ccccc4c4ccccc43)n2)c(-n2c3ccccc3c3ccc4sc5ccccc5c4c32)c1[2H]. The number of thiophene rings is 1. The van der Waals surface area contributed by atoms with Crippen molar-refractivity contribution in [2.24, 2.45) is 0 Å². The van der Waals surface area contributed by atoms with Crippen LogP contribution in [0, 0.1) is 0 Å². The monoisotopic (exact) mass is 930 g/mol. The van der Waals surface area contributed by atoms with E-state index < -0.39 is 18.1 Å². The fourth-order valence-electron chi connectivity index (χ4n) is 11.3. The number of para-hydroxylation sites is 7. The molecule has 6 heterocycles. The van der Waals surface area contributed by atoms with Gasteiger partial charge in [-0.1, -0.05) is 158 Å². The minimum Gasteiger partial charge on any atom is -0.308 e. The Kier molecular flexibility index (Phi) is 6.65. The maximum absolute atomic E-state index is 10.5. The first kappa shape index (κ1) is 32.4. The van der Waals surface area contributed by atoms with E-state index >= 15 is 0 Å². The van der Waals surface area contributed by atoms with Crippen molar-refractivity contribution >= 4 is 119 Å². The zero-order valence-electron chi connectivity index (χ0n) is 44.4. The van der Waals surface area contributed by atoms with Gasteiger partial charge in [-0.25, -0.2) is 0 Å².